The summed E-state index contributed by atoms with van der Waals surface area (Å²) < 4.78 is 15.2. The van der Waals surface area contributed by atoms with Crippen LogP contribution in [0.4, 0.5) is 4.79 Å². The Bertz CT molecular complexity index is 412. The van der Waals surface area contributed by atoms with Crippen molar-refractivity contribution in [2.75, 3.05) is 13.2 Å². The summed E-state index contributed by atoms with van der Waals surface area (Å²) in [7, 11) is 0. The fourth-order valence-corrected chi connectivity index (χ4v) is 2.18. The maximum atomic E-state index is 11.2. The molecule has 1 aromatic rings. The zero-order valence-corrected chi connectivity index (χ0v) is 12.0. The van der Waals surface area contributed by atoms with Crippen LogP contribution in [-0.2, 0) is 20.6 Å². The average molecular weight is 278 g/mol. The summed E-state index contributed by atoms with van der Waals surface area (Å²) in [6.45, 7) is 2.57. The van der Waals surface area contributed by atoms with E-state index in [2.05, 4.69) is 24.3 Å². The van der Waals surface area contributed by atoms with Gasteiger partial charge in [-0.3, -0.25) is 0 Å². The summed E-state index contributed by atoms with van der Waals surface area (Å²) in [5.74, 6) is -0.695. The minimum Gasteiger partial charge on any atom is -0.435 e. The fourth-order valence-electron chi connectivity index (χ4n) is 2.18. The molecule has 1 aliphatic heterocycles. The standard InChI is InChI=1S/C16H22O4/c1-2-18-15(17)20-16(13-19-16)12-8-4-7-11-14-9-5-3-6-10-14/h3,5-6,9-10H,2,4,7-8,11-13H2,1H3. The van der Waals surface area contributed by atoms with Crippen molar-refractivity contribution >= 4 is 6.16 Å². The molecule has 4 heteroatoms. The molecule has 0 aliphatic carbocycles. The van der Waals surface area contributed by atoms with Gasteiger partial charge in [-0.2, -0.15) is 0 Å². The molecular weight excluding hydrogens is 256 g/mol. The summed E-state index contributed by atoms with van der Waals surface area (Å²) in [5, 5.41) is 0. The third-order valence-corrected chi connectivity index (χ3v) is 3.36. The molecule has 1 unspecified atom stereocenters. The zero-order chi connectivity index (χ0) is 14.3. The molecule has 4 nitrogen and oxygen atoms in total. The summed E-state index contributed by atoms with van der Waals surface area (Å²) in [6.07, 6.45) is 4.45. The van der Waals surface area contributed by atoms with Crippen molar-refractivity contribution in [2.24, 2.45) is 0 Å². The van der Waals surface area contributed by atoms with Gasteiger partial charge >= 0.3 is 6.16 Å². The van der Waals surface area contributed by atoms with Crippen molar-refractivity contribution in [1.82, 2.24) is 0 Å². The lowest BCUT2D eigenvalue weighted by molar-refractivity contribution is -0.0381. The van der Waals surface area contributed by atoms with Crippen molar-refractivity contribution < 1.29 is 19.0 Å². The van der Waals surface area contributed by atoms with Crippen LogP contribution in [0.3, 0.4) is 0 Å². The second kappa shape index (κ2) is 7.29. The zero-order valence-electron chi connectivity index (χ0n) is 12.0. The molecule has 0 bridgehead atoms. The second-order valence-corrected chi connectivity index (χ2v) is 5.03. The van der Waals surface area contributed by atoms with Crippen molar-refractivity contribution in [2.45, 2.75) is 44.8 Å². The minimum absolute atomic E-state index is 0.325. The van der Waals surface area contributed by atoms with Gasteiger partial charge in [0.15, 0.2) is 0 Å². The number of hydrogen-bond donors (Lipinski definition) is 0. The predicted octanol–water partition coefficient (Wildman–Crippen LogP) is 3.69. The normalized spacial score (nSPS) is 20.4. The Balaban J connectivity index is 1.58. The van der Waals surface area contributed by atoms with Crippen LogP contribution < -0.4 is 0 Å². The first kappa shape index (κ1) is 14.9. The Morgan fingerprint density at radius 3 is 2.65 bits per heavy atom. The van der Waals surface area contributed by atoms with E-state index >= 15 is 0 Å². The molecule has 1 aliphatic rings. The van der Waals surface area contributed by atoms with Crippen LogP contribution in [0.5, 0.6) is 0 Å². The molecule has 0 amide bonds. The van der Waals surface area contributed by atoms with Crippen LogP contribution in [0, 0.1) is 0 Å². The number of carbonyl (C=O) groups excluding carboxylic acids is 1. The fraction of sp³-hybridized carbons (Fsp3) is 0.562. The Morgan fingerprint density at radius 2 is 2.00 bits per heavy atom. The lowest BCUT2D eigenvalue weighted by atomic mass is 10.1. The first-order valence-electron chi connectivity index (χ1n) is 7.28. The second-order valence-electron chi connectivity index (χ2n) is 5.03. The number of aryl methyl sites for hydroxylation is 1. The highest BCUT2D eigenvalue weighted by atomic mass is 16.8. The molecule has 1 fully saturated rings. The van der Waals surface area contributed by atoms with Crippen LogP contribution in [0.25, 0.3) is 0 Å². The van der Waals surface area contributed by atoms with Gasteiger partial charge in [0.25, 0.3) is 0 Å². The van der Waals surface area contributed by atoms with Gasteiger partial charge in [-0.15, -0.1) is 0 Å². The van der Waals surface area contributed by atoms with Crippen LogP contribution in [0.2, 0.25) is 0 Å². The molecule has 1 heterocycles. The SMILES string of the molecule is CCOC(=O)OC1(CCCCCc2ccccc2)CO1. The average Bonchev–Trinajstić information content (AvgIpc) is 3.19. The molecule has 2 rings (SSSR count). The van der Waals surface area contributed by atoms with E-state index in [1.807, 2.05) is 6.07 Å². The van der Waals surface area contributed by atoms with E-state index in [1.165, 1.54) is 5.56 Å². The van der Waals surface area contributed by atoms with E-state index in [0.717, 1.165) is 32.1 Å². The molecular formula is C16H22O4. The summed E-state index contributed by atoms with van der Waals surface area (Å²) >= 11 is 0. The van der Waals surface area contributed by atoms with E-state index in [1.54, 1.807) is 6.92 Å². The van der Waals surface area contributed by atoms with Crippen LogP contribution in [-0.4, -0.2) is 25.2 Å². The van der Waals surface area contributed by atoms with Crippen molar-refractivity contribution in [3.05, 3.63) is 35.9 Å². The van der Waals surface area contributed by atoms with Crippen LogP contribution in [0.1, 0.15) is 38.2 Å². The third-order valence-electron chi connectivity index (χ3n) is 3.36. The highest BCUT2D eigenvalue weighted by Crippen LogP contribution is 2.34. The molecule has 20 heavy (non-hydrogen) atoms. The van der Waals surface area contributed by atoms with Crippen LogP contribution in [0.15, 0.2) is 30.3 Å². The van der Waals surface area contributed by atoms with E-state index < -0.39 is 11.9 Å². The summed E-state index contributed by atoms with van der Waals surface area (Å²) in [4.78, 5) is 11.2. The van der Waals surface area contributed by atoms with Gasteiger partial charge in [-0.25, -0.2) is 4.79 Å². The monoisotopic (exact) mass is 278 g/mol. The highest BCUT2D eigenvalue weighted by molar-refractivity contribution is 5.60. The molecule has 0 spiro atoms. The Kier molecular flexibility index (Phi) is 5.41. The topological polar surface area (TPSA) is 48.1 Å². The first-order valence-corrected chi connectivity index (χ1v) is 7.28. The quantitative estimate of drug-likeness (QED) is 0.413. The molecule has 0 radical (unpaired) electrons. The van der Waals surface area contributed by atoms with Gasteiger partial charge in [0.2, 0.25) is 5.79 Å². The summed E-state index contributed by atoms with van der Waals surface area (Å²) in [5.41, 5.74) is 1.37. The Hall–Kier alpha value is -1.55. The lowest BCUT2D eigenvalue weighted by Gasteiger charge is -2.12. The van der Waals surface area contributed by atoms with Gasteiger partial charge in [0, 0.05) is 6.42 Å². The number of ether oxygens (including phenoxy) is 3. The highest BCUT2D eigenvalue weighted by Gasteiger charge is 2.49. The van der Waals surface area contributed by atoms with E-state index in [4.69, 9.17) is 14.2 Å². The largest absolute Gasteiger partial charge is 0.510 e. The van der Waals surface area contributed by atoms with Gasteiger partial charge in [0.05, 0.1) is 6.61 Å². The molecule has 1 aromatic carbocycles. The lowest BCUT2D eigenvalue weighted by Crippen LogP contribution is -2.22. The van der Waals surface area contributed by atoms with Crippen LogP contribution >= 0.6 is 0 Å². The number of hydrogen-bond acceptors (Lipinski definition) is 4. The Morgan fingerprint density at radius 1 is 1.25 bits per heavy atom. The number of unbranched alkanes of at least 4 members (excludes halogenated alkanes) is 2. The minimum atomic E-state index is -0.695. The molecule has 0 N–H and O–H groups in total. The molecule has 0 aromatic heterocycles. The summed E-state index contributed by atoms with van der Waals surface area (Å²) in [6, 6.07) is 10.5. The Labute approximate surface area is 120 Å². The smallest absolute Gasteiger partial charge is 0.435 e. The molecule has 1 saturated heterocycles. The predicted molar refractivity (Wildman–Crippen MR) is 75.4 cm³/mol. The molecule has 0 saturated carbocycles. The third kappa shape index (κ3) is 4.85. The van der Waals surface area contributed by atoms with Crippen molar-refractivity contribution in [3.63, 3.8) is 0 Å². The van der Waals surface area contributed by atoms with Gasteiger partial charge in [0.1, 0.15) is 6.61 Å². The maximum Gasteiger partial charge on any atom is 0.510 e. The van der Waals surface area contributed by atoms with E-state index in [-0.39, 0.29) is 0 Å². The van der Waals surface area contributed by atoms with E-state index in [0.29, 0.717) is 13.2 Å². The van der Waals surface area contributed by atoms with Gasteiger partial charge < -0.3 is 14.2 Å². The number of epoxide rings is 1. The molecule has 110 valence electrons. The molecule has 1 atom stereocenters. The number of benzene rings is 1. The first-order chi connectivity index (χ1) is 9.74. The van der Waals surface area contributed by atoms with Gasteiger partial charge in [-0.1, -0.05) is 36.8 Å². The van der Waals surface area contributed by atoms with Crippen molar-refractivity contribution in [1.29, 1.82) is 0 Å². The van der Waals surface area contributed by atoms with Gasteiger partial charge in [-0.05, 0) is 31.7 Å². The van der Waals surface area contributed by atoms with E-state index in [9.17, 15) is 4.79 Å². The van der Waals surface area contributed by atoms with Crippen molar-refractivity contribution in [3.8, 4) is 0 Å². The maximum absolute atomic E-state index is 11.2. The number of carbonyl (C=O) groups is 1. The number of rotatable bonds is 8.